The van der Waals surface area contributed by atoms with Gasteiger partial charge in [-0.1, -0.05) is 15.9 Å². The quantitative estimate of drug-likeness (QED) is 0.850. The van der Waals surface area contributed by atoms with Gasteiger partial charge in [-0.15, -0.1) is 0 Å². The first-order valence-electron chi connectivity index (χ1n) is 6.60. The normalized spacial score (nSPS) is 12.3. The second kappa shape index (κ2) is 6.54. The van der Waals surface area contributed by atoms with Gasteiger partial charge < -0.3 is 11.1 Å². The van der Waals surface area contributed by atoms with Gasteiger partial charge in [0.05, 0.1) is 6.04 Å². The van der Waals surface area contributed by atoms with Gasteiger partial charge in [0.1, 0.15) is 11.6 Å². The van der Waals surface area contributed by atoms with Gasteiger partial charge >= 0.3 is 0 Å². The van der Waals surface area contributed by atoms with Crippen LogP contribution in [-0.2, 0) is 0 Å². The maximum Gasteiger partial charge on any atom is 0.128 e. The molecule has 21 heavy (non-hydrogen) atoms. The number of nitrogens with two attached hydrogens (primary N) is 1. The van der Waals surface area contributed by atoms with Crippen LogP contribution in [0.3, 0.4) is 0 Å². The average molecular weight is 355 g/mol. The Morgan fingerprint density at radius 1 is 1.14 bits per heavy atom. The average Bonchev–Trinajstić information content (AvgIpc) is 2.45. The van der Waals surface area contributed by atoms with Gasteiger partial charge in [-0.25, -0.2) is 8.78 Å². The summed E-state index contributed by atoms with van der Waals surface area (Å²) in [7, 11) is 0. The number of hydrogen-bond acceptors (Lipinski definition) is 2. The standard InChI is InChI=1S/C16H17BrF2N2/c1-9-5-12(6-10(2)16(9)17)21-15(8-20)13-7-11(18)3-4-14(13)19/h3-7,15,21H,8,20H2,1-2H3. The van der Waals surface area contributed by atoms with Gasteiger partial charge in [-0.3, -0.25) is 0 Å². The smallest absolute Gasteiger partial charge is 0.128 e. The molecule has 2 rings (SSSR count). The van der Waals surface area contributed by atoms with E-state index in [4.69, 9.17) is 5.73 Å². The molecule has 0 amide bonds. The molecule has 0 aliphatic carbocycles. The maximum absolute atomic E-state index is 13.9. The topological polar surface area (TPSA) is 38.0 Å². The Bertz CT molecular complexity index is 636. The third kappa shape index (κ3) is 3.60. The fourth-order valence-electron chi connectivity index (χ4n) is 2.28. The predicted molar refractivity (Wildman–Crippen MR) is 85.4 cm³/mol. The lowest BCUT2D eigenvalue weighted by Gasteiger charge is -2.20. The van der Waals surface area contributed by atoms with Gasteiger partial charge in [0, 0.05) is 22.3 Å². The fourth-order valence-corrected chi connectivity index (χ4v) is 2.50. The van der Waals surface area contributed by atoms with E-state index in [1.165, 1.54) is 6.07 Å². The van der Waals surface area contributed by atoms with Gasteiger partial charge in [0.15, 0.2) is 0 Å². The lowest BCUT2D eigenvalue weighted by Crippen LogP contribution is -2.22. The lowest BCUT2D eigenvalue weighted by atomic mass is 10.0. The first-order valence-corrected chi connectivity index (χ1v) is 7.40. The zero-order valence-electron chi connectivity index (χ0n) is 11.9. The van der Waals surface area contributed by atoms with Crippen LogP contribution in [0.4, 0.5) is 14.5 Å². The summed E-state index contributed by atoms with van der Waals surface area (Å²) in [6.45, 7) is 4.11. The molecule has 0 radical (unpaired) electrons. The number of nitrogens with one attached hydrogen (secondary N) is 1. The number of aryl methyl sites for hydroxylation is 2. The Labute approximate surface area is 131 Å². The lowest BCUT2D eigenvalue weighted by molar-refractivity contribution is 0.572. The number of benzene rings is 2. The summed E-state index contributed by atoms with van der Waals surface area (Å²) in [6, 6.07) is 6.79. The molecule has 2 aromatic rings. The third-order valence-corrected chi connectivity index (χ3v) is 4.60. The van der Waals surface area contributed by atoms with Crippen molar-refractivity contribution < 1.29 is 8.78 Å². The Balaban J connectivity index is 2.33. The third-order valence-electron chi connectivity index (χ3n) is 3.35. The van der Waals surface area contributed by atoms with Crippen molar-refractivity contribution >= 4 is 21.6 Å². The first kappa shape index (κ1) is 15.9. The largest absolute Gasteiger partial charge is 0.377 e. The SMILES string of the molecule is Cc1cc(NC(CN)c2cc(F)ccc2F)cc(C)c1Br. The van der Waals surface area contributed by atoms with Crippen molar-refractivity contribution in [2.24, 2.45) is 5.73 Å². The molecule has 0 bridgehead atoms. The molecule has 0 spiro atoms. The molecule has 0 aromatic heterocycles. The van der Waals surface area contributed by atoms with Gasteiger partial charge in [-0.05, 0) is 55.3 Å². The zero-order chi connectivity index (χ0) is 15.6. The highest BCUT2D eigenvalue weighted by Crippen LogP contribution is 2.28. The summed E-state index contributed by atoms with van der Waals surface area (Å²) < 4.78 is 28.2. The van der Waals surface area contributed by atoms with E-state index in [2.05, 4.69) is 21.2 Å². The first-order chi connectivity index (χ1) is 9.92. The number of rotatable bonds is 4. The monoisotopic (exact) mass is 354 g/mol. The van der Waals surface area contributed by atoms with E-state index in [0.717, 1.165) is 33.4 Å². The molecule has 2 nitrogen and oxygen atoms in total. The summed E-state index contributed by atoms with van der Waals surface area (Å²) in [4.78, 5) is 0. The van der Waals surface area contributed by atoms with Crippen molar-refractivity contribution in [3.63, 3.8) is 0 Å². The highest BCUT2D eigenvalue weighted by Gasteiger charge is 2.16. The van der Waals surface area contributed by atoms with Crippen LogP contribution in [0.1, 0.15) is 22.7 Å². The molecule has 0 aliphatic rings. The minimum atomic E-state index is -0.485. The van der Waals surface area contributed by atoms with Crippen LogP contribution in [0.15, 0.2) is 34.8 Å². The van der Waals surface area contributed by atoms with Gasteiger partial charge in [0.2, 0.25) is 0 Å². The Morgan fingerprint density at radius 3 is 2.33 bits per heavy atom. The zero-order valence-corrected chi connectivity index (χ0v) is 13.5. The predicted octanol–water partition coefficient (Wildman–Crippen LogP) is 4.46. The van der Waals surface area contributed by atoms with Crippen molar-refractivity contribution in [3.05, 3.63) is 63.1 Å². The number of hydrogen-bond donors (Lipinski definition) is 2. The molecule has 1 atom stereocenters. The minimum absolute atomic E-state index is 0.161. The molecule has 0 heterocycles. The summed E-state index contributed by atoms with van der Waals surface area (Å²) in [6.07, 6.45) is 0. The molecule has 0 saturated carbocycles. The van der Waals surface area contributed by atoms with E-state index in [0.29, 0.717) is 0 Å². The highest BCUT2D eigenvalue weighted by molar-refractivity contribution is 9.10. The van der Waals surface area contributed by atoms with Gasteiger partial charge in [-0.2, -0.15) is 0 Å². The summed E-state index contributed by atoms with van der Waals surface area (Å²) >= 11 is 3.50. The molecule has 0 aliphatic heterocycles. The van der Waals surface area contributed by atoms with Crippen molar-refractivity contribution in [2.75, 3.05) is 11.9 Å². The summed E-state index contributed by atoms with van der Waals surface area (Å²) in [5.41, 5.74) is 8.90. The Kier molecular flexibility index (Phi) is 4.96. The van der Waals surface area contributed by atoms with Crippen LogP contribution in [0, 0.1) is 25.5 Å². The van der Waals surface area contributed by atoms with E-state index in [1.807, 2.05) is 26.0 Å². The van der Waals surface area contributed by atoms with E-state index in [1.54, 1.807) is 0 Å². The van der Waals surface area contributed by atoms with E-state index < -0.39 is 17.7 Å². The molecule has 112 valence electrons. The maximum atomic E-state index is 13.9. The van der Waals surface area contributed by atoms with Crippen LogP contribution in [-0.4, -0.2) is 6.54 Å². The Hall–Kier alpha value is -1.46. The molecular formula is C16H17BrF2N2. The summed E-state index contributed by atoms with van der Waals surface area (Å²) in [5, 5.41) is 3.17. The number of halogens is 3. The molecule has 2 aromatic carbocycles. The van der Waals surface area contributed by atoms with Gasteiger partial charge in [0.25, 0.3) is 0 Å². The second-order valence-corrected chi connectivity index (χ2v) is 5.82. The van der Waals surface area contributed by atoms with Crippen molar-refractivity contribution in [1.29, 1.82) is 0 Å². The van der Waals surface area contributed by atoms with E-state index >= 15 is 0 Å². The Morgan fingerprint density at radius 2 is 1.76 bits per heavy atom. The highest BCUT2D eigenvalue weighted by atomic mass is 79.9. The minimum Gasteiger partial charge on any atom is -0.377 e. The fraction of sp³-hybridized carbons (Fsp3) is 0.250. The van der Waals surface area contributed by atoms with Crippen LogP contribution >= 0.6 is 15.9 Å². The molecule has 0 saturated heterocycles. The number of anilines is 1. The van der Waals surface area contributed by atoms with Crippen LogP contribution in [0.25, 0.3) is 0 Å². The second-order valence-electron chi connectivity index (χ2n) is 5.02. The molecule has 0 fully saturated rings. The molecule has 1 unspecified atom stereocenters. The molecule has 5 heteroatoms. The van der Waals surface area contributed by atoms with Crippen molar-refractivity contribution in [3.8, 4) is 0 Å². The van der Waals surface area contributed by atoms with E-state index in [9.17, 15) is 8.78 Å². The summed E-state index contributed by atoms with van der Waals surface area (Å²) in [5.74, 6) is -0.945. The van der Waals surface area contributed by atoms with Crippen molar-refractivity contribution in [2.45, 2.75) is 19.9 Å². The van der Waals surface area contributed by atoms with Crippen LogP contribution < -0.4 is 11.1 Å². The van der Waals surface area contributed by atoms with Crippen LogP contribution in [0.5, 0.6) is 0 Å². The van der Waals surface area contributed by atoms with Crippen LogP contribution in [0.2, 0.25) is 0 Å². The molecular weight excluding hydrogens is 338 g/mol. The van der Waals surface area contributed by atoms with E-state index in [-0.39, 0.29) is 12.1 Å². The van der Waals surface area contributed by atoms with Crippen molar-refractivity contribution in [1.82, 2.24) is 0 Å². The molecule has 3 N–H and O–H groups in total.